The van der Waals surface area contributed by atoms with Gasteiger partial charge in [0.25, 0.3) is 5.56 Å². The van der Waals surface area contributed by atoms with Gasteiger partial charge in [-0.1, -0.05) is 18.2 Å². The molecule has 7 rings (SSSR count). The van der Waals surface area contributed by atoms with Crippen molar-refractivity contribution < 1.29 is 4.39 Å². The summed E-state index contributed by atoms with van der Waals surface area (Å²) in [5.74, 6) is 0.0890. The summed E-state index contributed by atoms with van der Waals surface area (Å²) in [6.07, 6.45) is 13.5. The Balaban J connectivity index is 1.68. The summed E-state index contributed by atoms with van der Waals surface area (Å²) in [6, 6.07) is 9.27. The molecule has 166 valence electrons. The zero-order valence-electron chi connectivity index (χ0n) is 18.2. The maximum Gasteiger partial charge on any atom is 0.272 e. The minimum absolute atomic E-state index is 0.201. The van der Waals surface area contributed by atoms with E-state index in [1.165, 1.54) is 11.6 Å². The smallest absolute Gasteiger partial charge is 0.272 e. The van der Waals surface area contributed by atoms with Crippen LogP contribution in [0.2, 0.25) is 0 Å². The summed E-state index contributed by atoms with van der Waals surface area (Å²) < 4.78 is 14.6. The number of fused-ring (bicyclic) bond motifs is 4. The Labute approximate surface area is 193 Å². The number of H-pyrrole nitrogens is 2. The average Bonchev–Trinajstić information content (AvgIpc) is 3.59. The monoisotopic (exact) mass is 449 g/mol. The van der Waals surface area contributed by atoms with E-state index in [0.717, 1.165) is 45.8 Å². The van der Waals surface area contributed by atoms with Crippen molar-refractivity contribution in [3.05, 3.63) is 88.9 Å². The first-order valence-electron chi connectivity index (χ1n) is 11.4. The Kier molecular flexibility index (Phi) is 4.03. The standard InChI is InChI=1S/C27H20FN5O/c28-21-9-8-16(20-14-30-32-25(20)21)22-19-13-18(15-6-7-15)23-17(5-4-10-29-23)24(19)31-27(34)26(22)33-11-2-1-3-12-33/h1-5,8-11,13-15H,6-7,12H2,(H,30,32)(H,31,34). The highest BCUT2D eigenvalue weighted by atomic mass is 19.1. The molecule has 0 saturated heterocycles. The van der Waals surface area contributed by atoms with E-state index in [0.29, 0.717) is 29.1 Å². The van der Waals surface area contributed by atoms with Crippen LogP contribution < -0.4 is 10.5 Å². The number of aromatic amines is 2. The lowest BCUT2D eigenvalue weighted by atomic mass is 9.92. The fraction of sp³-hybridized carbons (Fsp3) is 0.148. The zero-order valence-corrected chi connectivity index (χ0v) is 18.2. The molecule has 34 heavy (non-hydrogen) atoms. The SMILES string of the molecule is O=c1[nH]c2c(cc(C3CC3)c3ncccc32)c(-c2ccc(F)c3[nH]ncc23)c1N1C=CC=CC1. The van der Waals surface area contributed by atoms with Crippen molar-refractivity contribution in [1.29, 1.82) is 0 Å². The van der Waals surface area contributed by atoms with Crippen LogP contribution in [0.15, 0.2) is 71.9 Å². The van der Waals surface area contributed by atoms with Gasteiger partial charge in [0.1, 0.15) is 17.0 Å². The second kappa shape index (κ2) is 7.12. The fourth-order valence-corrected chi connectivity index (χ4v) is 5.13. The minimum atomic E-state index is -0.374. The van der Waals surface area contributed by atoms with Crippen LogP contribution in [0.4, 0.5) is 10.1 Å². The molecular formula is C27H20FN5O. The van der Waals surface area contributed by atoms with E-state index < -0.39 is 0 Å². The second-order valence-corrected chi connectivity index (χ2v) is 8.92. The predicted octanol–water partition coefficient (Wildman–Crippen LogP) is 5.53. The summed E-state index contributed by atoms with van der Waals surface area (Å²) in [4.78, 5) is 23.4. The largest absolute Gasteiger partial charge is 0.339 e. The Bertz CT molecular complexity index is 1740. The van der Waals surface area contributed by atoms with E-state index in [9.17, 15) is 9.18 Å². The zero-order chi connectivity index (χ0) is 22.8. The number of pyridine rings is 2. The Morgan fingerprint density at radius 3 is 2.79 bits per heavy atom. The number of nitrogens with zero attached hydrogens (tertiary/aromatic N) is 3. The molecule has 1 fully saturated rings. The number of nitrogens with one attached hydrogen (secondary N) is 2. The van der Waals surface area contributed by atoms with Gasteiger partial charge in [0.15, 0.2) is 0 Å². The molecule has 2 N–H and O–H groups in total. The molecule has 2 aromatic carbocycles. The number of hydrogen-bond donors (Lipinski definition) is 2. The Morgan fingerprint density at radius 1 is 1.06 bits per heavy atom. The maximum atomic E-state index is 14.6. The lowest BCUT2D eigenvalue weighted by Gasteiger charge is -2.25. The summed E-state index contributed by atoms with van der Waals surface area (Å²) in [7, 11) is 0. The topological polar surface area (TPSA) is 77.7 Å². The minimum Gasteiger partial charge on any atom is -0.339 e. The number of halogens is 1. The molecule has 0 bridgehead atoms. The lowest BCUT2D eigenvalue weighted by molar-refractivity contribution is 0.636. The van der Waals surface area contributed by atoms with Crippen LogP contribution in [0.25, 0.3) is 43.8 Å². The van der Waals surface area contributed by atoms with Crippen molar-refractivity contribution in [2.45, 2.75) is 18.8 Å². The third-order valence-corrected chi connectivity index (χ3v) is 6.83. The van der Waals surface area contributed by atoms with Crippen LogP contribution in [0.3, 0.4) is 0 Å². The van der Waals surface area contributed by atoms with Crippen molar-refractivity contribution in [3.63, 3.8) is 0 Å². The van der Waals surface area contributed by atoms with Crippen molar-refractivity contribution in [1.82, 2.24) is 20.2 Å². The van der Waals surface area contributed by atoms with E-state index in [-0.39, 0.29) is 11.4 Å². The van der Waals surface area contributed by atoms with Gasteiger partial charge in [-0.3, -0.25) is 14.9 Å². The molecule has 3 aromatic heterocycles. The normalized spacial score (nSPS) is 15.7. The van der Waals surface area contributed by atoms with Crippen molar-refractivity contribution >= 4 is 38.4 Å². The predicted molar refractivity (Wildman–Crippen MR) is 133 cm³/mol. The number of hydrogen-bond acceptors (Lipinski definition) is 4. The first kappa shape index (κ1) is 19.2. The van der Waals surface area contributed by atoms with Crippen LogP contribution >= 0.6 is 0 Å². The van der Waals surface area contributed by atoms with Gasteiger partial charge in [-0.05, 0) is 60.2 Å². The van der Waals surface area contributed by atoms with E-state index in [1.807, 2.05) is 41.5 Å². The number of anilines is 1. The average molecular weight is 449 g/mol. The first-order chi connectivity index (χ1) is 16.7. The molecule has 7 heteroatoms. The lowest BCUT2D eigenvalue weighted by Crippen LogP contribution is -2.26. The van der Waals surface area contributed by atoms with E-state index in [2.05, 4.69) is 26.2 Å². The van der Waals surface area contributed by atoms with Crippen molar-refractivity contribution in [2.75, 3.05) is 11.4 Å². The summed E-state index contributed by atoms with van der Waals surface area (Å²) in [5.41, 5.74) is 5.08. The molecule has 0 unspecified atom stereocenters. The highest BCUT2D eigenvalue weighted by Crippen LogP contribution is 2.47. The summed E-state index contributed by atoms with van der Waals surface area (Å²) >= 11 is 0. The number of allylic oxidation sites excluding steroid dienone is 2. The van der Waals surface area contributed by atoms with E-state index in [4.69, 9.17) is 0 Å². The molecule has 4 heterocycles. The molecule has 1 aliphatic carbocycles. The Morgan fingerprint density at radius 2 is 1.97 bits per heavy atom. The third-order valence-electron chi connectivity index (χ3n) is 6.83. The van der Waals surface area contributed by atoms with Gasteiger partial charge in [0, 0.05) is 40.7 Å². The van der Waals surface area contributed by atoms with Crippen LogP contribution in [0.5, 0.6) is 0 Å². The third kappa shape index (κ3) is 2.76. The van der Waals surface area contributed by atoms with Crippen LogP contribution in [-0.4, -0.2) is 26.7 Å². The summed E-state index contributed by atoms with van der Waals surface area (Å²) in [6.45, 7) is 0.568. The summed E-state index contributed by atoms with van der Waals surface area (Å²) in [5, 5.41) is 9.36. The quantitative estimate of drug-likeness (QED) is 0.355. The number of aromatic nitrogens is 4. The van der Waals surface area contributed by atoms with Gasteiger partial charge in [0.2, 0.25) is 0 Å². The second-order valence-electron chi connectivity index (χ2n) is 8.92. The van der Waals surface area contributed by atoms with E-state index in [1.54, 1.807) is 18.5 Å². The van der Waals surface area contributed by atoms with Crippen LogP contribution in [0.1, 0.15) is 24.3 Å². The number of benzene rings is 2. The molecule has 0 atom stereocenters. The highest BCUT2D eigenvalue weighted by molar-refractivity contribution is 6.15. The first-order valence-corrected chi connectivity index (χ1v) is 11.4. The molecule has 0 spiro atoms. The molecule has 2 aliphatic rings. The molecule has 0 radical (unpaired) electrons. The van der Waals surface area contributed by atoms with Gasteiger partial charge in [-0.2, -0.15) is 5.10 Å². The van der Waals surface area contributed by atoms with Crippen molar-refractivity contribution in [3.8, 4) is 11.1 Å². The van der Waals surface area contributed by atoms with Crippen LogP contribution in [-0.2, 0) is 0 Å². The molecular weight excluding hydrogens is 429 g/mol. The van der Waals surface area contributed by atoms with Crippen LogP contribution in [0, 0.1) is 5.82 Å². The molecule has 5 aromatic rings. The highest BCUT2D eigenvalue weighted by Gasteiger charge is 2.29. The van der Waals surface area contributed by atoms with Gasteiger partial charge >= 0.3 is 0 Å². The van der Waals surface area contributed by atoms with Gasteiger partial charge < -0.3 is 9.88 Å². The molecule has 0 amide bonds. The maximum absolute atomic E-state index is 14.6. The van der Waals surface area contributed by atoms with E-state index >= 15 is 0 Å². The molecule has 1 saturated carbocycles. The van der Waals surface area contributed by atoms with Gasteiger partial charge in [-0.15, -0.1) is 0 Å². The van der Waals surface area contributed by atoms with Crippen molar-refractivity contribution in [2.24, 2.45) is 0 Å². The number of rotatable bonds is 3. The molecule has 1 aliphatic heterocycles. The fourth-order valence-electron chi connectivity index (χ4n) is 5.13. The Hall–Kier alpha value is -4.26. The van der Waals surface area contributed by atoms with Gasteiger partial charge in [0.05, 0.1) is 17.2 Å². The van der Waals surface area contributed by atoms with Gasteiger partial charge in [-0.25, -0.2) is 4.39 Å². The molecule has 6 nitrogen and oxygen atoms in total.